The third kappa shape index (κ3) is 4.75. The molecule has 2 aliphatic rings. The summed E-state index contributed by atoms with van der Waals surface area (Å²) in [5.41, 5.74) is 15.0. The summed E-state index contributed by atoms with van der Waals surface area (Å²) in [7, 11) is 0. The Labute approximate surface area is 302 Å². The third-order valence-corrected chi connectivity index (χ3v) is 10.6. The van der Waals surface area contributed by atoms with Gasteiger partial charge in [-0.15, -0.1) is 0 Å². The van der Waals surface area contributed by atoms with Gasteiger partial charge in [0.1, 0.15) is 0 Å². The van der Waals surface area contributed by atoms with E-state index in [1.54, 1.807) is 0 Å². The van der Waals surface area contributed by atoms with E-state index >= 15 is 0 Å². The van der Waals surface area contributed by atoms with Gasteiger partial charge in [-0.1, -0.05) is 153 Å². The van der Waals surface area contributed by atoms with Crippen LogP contribution in [-0.2, 0) is 0 Å². The molecule has 228 valence electrons. The summed E-state index contributed by atoms with van der Waals surface area (Å²) in [5, 5.41) is 0.688. The molecule has 7 aromatic rings. The van der Waals surface area contributed by atoms with Crippen LogP contribution < -0.4 is 26.2 Å². The Balaban J connectivity index is 1.38. The van der Waals surface area contributed by atoms with E-state index in [4.69, 9.17) is 11.6 Å². The topological polar surface area (TPSA) is 6.48 Å². The van der Waals surface area contributed by atoms with Gasteiger partial charge in [0.05, 0.1) is 11.4 Å². The fraction of sp³-hybridized carbons (Fsp3) is 0. The Bertz CT molecular complexity index is 2200. The fourth-order valence-electron chi connectivity index (χ4n) is 7.49. The molecule has 0 saturated heterocycles. The molecule has 0 amide bonds. The Hall–Kier alpha value is -4.55. The first-order valence-electron chi connectivity index (χ1n) is 15.9. The highest BCUT2D eigenvalue weighted by Crippen LogP contribution is 2.49. The molecule has 2 heterocycles. The molecule has 0 N–H and O–H groups in total. The zero-order valence-electron chi connectivity index (χ0n) is 25.6. The van der Waals surface area contributed by atoms with Crippen LogP contribution in [0.5, 0.6) is 0 Å². The Morgan fingerprint density at radius 3 is 1.29 bits per heavy atom. The van der Waals surface area contributed by atoms with E-state index in [-0.39, 0.29) is 6.71 Å². The van der Waals surface area contributed by atoms with Crippen molar-refractivity contribution >= 4 is 101 Å². The summed E-state index contributed by atoms with van der Waals surface area (Å²) in [4.78, 5) is 4.82. The number of hydrogen-bond donors (Lipinski definition) is 0. The van der Waals surface area contributed by atoms with Crippen molar-refractivity contribution in [3.8, 4) is 22.3 Å². The van der Waals surface area contributed by atoms with E-state index in [0.717, 1.165) is 65.3 Å². The lowest BCUT2D eigenvalue weighted by Crippen LogP contribution is -2.61. The molecule has 0 unspecified atom stereocenters. The summed E-state index contributed by atoms with van der Waals surface area (Å²) in [6.07, 6.45) is 0. The summed E-state index contributed by atoms with van der Waals surface area (Å²) in [6.45, 7) is -0.0208. The van der Waals surface area contributed by atoms with Crippen LogP contribution in [0, 0.1) is 0 Å². The quantitative estimate of drug-likeness (QED) is 0.165. The predicted octanol–water partition coefficient (Wildman–Crippen LogP) is 11.3. The van der Waals surface area contributed by atoms with E-state index in [1.807, 2.05) is 0 Å². The average Bonchev–Trinajstić information content (AvgIpc) is 3.12. The maximum atomic E-state index is 7.19. The van der Waals surface area contributed by atoms with Gasteiger partial charge in [-0.2, -0.15) is 0 Å². The van der Waals surface area contributed by atoms with Gasteiger partial charge >= 0.3 is 0 Å². The van der Waals surface area contributed by atoms with Crippen LogP contribution in [0.3, 0.4) is 0 Å². The van der Waals surface area contributed by atoms with E-state index in [9.17, 15) is 0 Å². The number of hydrogen-bond acceptors (Lipinski definition) is 2. The normalized spacial score (nSPS) is 12.8. The number of para-hydroxylation sites is 2. The van der Waals surface area contributed by atoms with Crippen LogP contribution in [0.1, 0.15) is 0 Å². The van der Waals surface area contributed by atoms with Crippen molar-refractivity contribution in [3.63, 3.8) is 0 Å². The molecule has 0 saturated carbocycles. The molecule has 0 spiro atoms. The summed E-state index contributed by atoms with van der Waals surface area (Å²) in [5.74, 6) is 0. The minimum absolute atomic E-state index is 0.0208. The van der Waals surface area contributed by atoms with Gasteiger partial charge < -0.3 is 9.80 Å². The lowest BCUT2D eigenvalue weighted by atomic mass is 9.33. The molecule has 9 rings (SSSR count). The second-order valence-corrected chi connectivity index (χ2v) is 14.4. The zero-order valence-corrected chi connectivity index (χ0v) is 29.5. The van der Waals surface area contributed by atoms with Gasteiger partial charge in [-0.05, 0) is 76.0 Å². The van der Waals surface area contributed by atoms with E-state index in [0.29, 0.717) is 5.02 Å². The van der Waals surface area contributed by atoms with Crippen LogP contribution in [-0.4, -0.2) is 6.71 Å². The number of halogens is 3. The lowest BCUT2D eigenvalue weighted by molar-refractivity contribution is 1.25. The molecule has 0 radical (unpaired) electrons. The highest BCUT2D eigenvalue weighted by Gasteiger charge is 2.44. The Morgan fingerprint density at radius 2 is 0.833 bits per heavy atom. The van der Waals surface area contributed by atoms with Gasteiger partial charge in [0.2, 0.25) is 0 Å². The first-order chi connectivity index (χ1) is 23.6. The maximum absolute atomic E-state index is 7.19. The van der Waals surface area contributed by atoms with Crippen LogP contribution in [0.4, 0.5) is 34.1 Å². The monoisotopic (exact) mass is 762 g/mol. The van der Waals surface area contributed by atoms with Gasteiger partial charge in [0, 0.05) is 47.8 Å². The molecule has 0 atom stereocenters. The van der Waals surface area contributed by atoms with Crippen LogP contribution in [0.15, 0.2) is 167 Å². The zero-order chi connectivity index (χ0) is 32.4. The second-order valence-electron chi connectivity index (χ2n) is 12.1. The Morgan fingerprint density at radius 1 is 0.417 bits per heavy atom. The van der Waals surface area contributed by atoms with Crippen molar-refractivity contribution in [2.45, 2.75) is 0 Å². The van der Waals surface area contributed by atoms with Crippen molar-refractivity contribution < 1.29 is 0 Å². The van der Waals surface area contributed by atoms with Gasteiger partial charge in [-0.25, -0.2) is 0 Å². The van der Waals surface area contributed by atoms with Crippen molar-refractivity contribution in [1.29, 1.82) is 0 Å². The highest BCUT2D eigenvalue weighted by atomic mass is 79.9. The second kappa shape index (κ2) is 11.9. The summed E-state index contributed by atoms with van der Waals surface area (Å²) >= 11 is 14.9. The number of fused-ring (bicyclic) bond motifs is 4. The van der Waals surface area contributed by atoms with Crippen LogP contribution in [0.2, 0.25) is 5.02 Å². The molecule has 6 heteroatoms. The summed E-state index contributed by atoms with van der Waals surface area (Å²) in [6, 6.07) is 56.2. The summed E-state index contributed by atoms with van der Waals surface area (Å²) < 4.78 is 2.09. The molecule has 0 bridgehead atoms. The van der Waals surface area contributed by atoms with Crippen LogP contribution >= 0.6 is 43.5 Å². The van der Waals surface area contributed by atoms with Crippen molar-refractivity contribution in [3.05, 3.63) is 172 Å². The minimum Gasteiger partial charge on any atom is -0.311 e. The van der Waals surface area contributed by atoms with E-state index in [1.165, 1.54) is 16.4 Å². The number of anilines is 6. The van der Waals surface area contributed by atoms with Gasteiger partial charge in [-0.3, -0.25) is 0 Å². The maximum Gasteiger partial charge on any atom is 0.252 e. The van der Waals surface area contributed by atoms with Crippen molar-refractivity contribution in [1.82, 2.24) is 0 Å². The highest BCUT2D eigenvalue weighted by molar-refractivity contribution is 9.10. The van der Waals surface area contributed by atoms with E-state index in [2.05, 4.69) is 199 Å². The molecule has 0 aliphatic carbocycles. The smallest absolute Gasteiger partial charge is 0.252 e. The molecule has 2 aliphatic heterocycles. The molecule has 48 heavy (non-hydrogen) atoms. The first kappa shape index (κ1) is 29.6. The van der Waals surface area contributed by atoms with Crippen molar-refractivity contribution in [2.24, 2.45) is 0 Å². The largest absolute Gasteiger partial charge is 0.311 e. The van der Waals surface area contributed by atoms with E-state index < -0.39 is 0 Å². The average molecular weight is 765 g/mol. The molecular formula is C42H26BBr2ClN2. The standard InChI is InChI=1S/C42H26BBr2ClN2/c44-29-19-21-38-34(23-29)43-35-24-30(45)20-22-39(35)48(37-18-10-8-16-33(37)28-13-5-2-6-14-28)41-26-31(46)25-40(42(41)43)47(38)36-17-9-7-15-32(36)27-11-3-1-4-12-27/h1-26H. The minimum atomic E-state index is -0.0208. The van der Waals surface area contributed by atoms with Gasteiger partial charge in [0.15, 0.2) is 0 Å². The number of rotatable bonds is 4. The number of nitrogens with zero attached hydrogens (tertiary/aromatic N) is 2. The molecule has 0 aromatic heterocycles. The Kier molecular flexibility index (Phi) is 7.31. The SMILES string of the molecule is Clc1cc2c3c(c1)N(c1ccccc1-c1ccccc1)c1ccc(Br)cc1B3c1cc(Br)ccc1N2c1ccccc1-c1ccccc1. The molecule has 0 fully saturated rings. The molecule has 2 nitrogen and oxygen atoms in total. The number of benzene rings is 7. The predicted molar refractivity (Wildman–Crippen MR) is 212 cm³/mol. The van der Waals surface area contributed by atoms with Crippen LogP contribution in [0.25, 0.3) is 22.3 Å². The fourth-order valence-corrected chi connectivity index (χ4v) is 8.46. The van der Waals surface area contributed by atoms with Gasteiger partial charge in [0.25, 0.3) is 6.71 Å². The first-order valence-corrected chi connectivity index (χ1v) is 17.8. The molecular weight excluding hydrogens is 739 g/mol. The molecule has 7 aromatic carbocycles. The lowest BCUT2D eigenvalue weighted by Gasteiger charge is -2.45. The third-order valence-electron chi connectivity index (χ3n) is 9.41. The van der Waals surface area contributed by atoms with Crippen molar-refractivity contribution in [2.75, 3.05) is 9.80 Å².